The third kappa shape index (κ3) is 4.09. The van der Waals surface area contributed by atoms with Gasteiger partial charge in [-0.25, -0.2) is 0 Å². The Morgan fingerprint density at radius 1 is 1.05 bits per heavy atom. The molecule has 0 N–H and O–H groups in total. The second-order valence-corrected chi connectivity index (χ2v) is 5.57. The molecule has 0 aliphatic heterocycles. The number of alkyl halides is 3. The predicted octanol–water partition coefficient (Wildman–Crippen LogP) is 6.06. The number of hydrogen-bond donors (Lipinski definition) is 0. The Balaban J connectivity index is 2.22. The predicted molar refractivity (Wildman–Crippen MR) is 82.6 cm³/mol. The Hall–Kier alpha value is -1.84. The van der Waals surface area contributed by atoms with Gasteiger partial charge in [0.15, 0.2) is 0 Å². The number of nitrogens with zero attached hydrogens (tertiary/aromatic N) is 1. The quantitative estimate of drug-likeness (QED) is 0.654. The number of rotatable bonds is 5. The molecule has 2 rings (SSSR count). The van der Waals surface area contributed by atoms with E-state index in [4.69, 9.17) is 0 Å². The molecule has 0 fully saturated rings. The fourth-order valence-electron chi connectivity index (χ4n) is 2.37. The molecular weight excluding hydrogens is 287 g/mol. The van der Waals surface area contributed by atoms with Crippen molar-refractivity contribution in [2.45, 2.75) is 45.2 Å². The van der Waals surface area contributed by atoms with Crippen molar-refractivity contribution in [1.82, 2.24) is 4.98 Å². The summed E-state index contributed by atoms with van der Waals surface area (Å²) < 4.78 is 37.8. The maximum atomic E-state index is 12.6. The molecule has 1 heterocycles. The topological polar surface area (TPSA) is 12.9 Å². The van der Waals surface area contributed by atoms with Crippen molar-refractivity contribution in [2.75, 3.05) is 0 Å². The van der Waals surface area contributed by atoms with Crippen LogP contribution in [0.4, 0.5) is 13.2 Å². The highest BCUT2D eigenvalue weighted by atomic mass is 19.4. The summed E-state index contributed by atoms with van der Waals surface area (Å²) in [5, 5.41) is 0. The van der Waals surface area contributed by atoms with Gasteiger partial charge in [0.25, 0.3) is 0 Å². The van der Waals surface area contributed by atoms with Gasteiger partial charge in [-0.05, 0) is 36.6 Å². The van der Waals surface area contributed by atoms with E-state index in [1.165, 1.54) is 12.1 Å². The summed E-state index contributed by atoms with van der Waals surface area (Å²) >= 11 is 0. The van der Waals surface area contributed by atoms with Crippen LogP contribution in [-0.2, 0) is 6.18 Å². The van der Waals surface area contributed by atoms with Crippen LogP contribution in [0.2, 0.25) is 0 Å². The zero-order valence-electron chi connectivity index (χ0n) is 12.8. The van der Waals surface area contributed by atoms with Crippen LogP contribution >= 0.6 is 0 Å². The first-order chi connectivity index (χ1) is 10.4. The van der Waals surface area contributed by atoms with Gasteiger partial charge >= 0.3 is 6.18 Å². The first kappa shape index (κ1) is 16.5. The summed E-state index contributed by atoms with van der Waals surface area (Å²) in [6.45, 7) is 4.29. The summed E-state index contributed by atoms with van der Waals surface area (Å²) in [6.07, 6.45) is -0.946. The van der Waals surface area contributed by atoms with Crippen molar-refractivity contribution in [3.63, 3.8) is 0 Å². The average Bonchev–Trinajstić information content (AvgIpc) is 2.52. The van der Waals surface area contributed by atoms with E-state index in [-0.39, 0.29) is 0 Å². The van der Waals surface area contributed by atoms with Crippen molar-refractivity contribution >= 4 is 0 Å². The SMILES string of the molecule is CCCCC(C)c1cccc(-c2ccc(C(F)(F)F)cc2)n1. The third-order valence-corrected chi connectivity index (χ3v) is 3.77. The van der Waals surface area contributed by atoms with Gasteiger partial charge in [-0.15, -0.1) is 0 Å². The van der Waals surface area contributed by atoms with Gasteiger partial charge in [-0.1, -0.05) is 44.9 Å². The van der Waals surface area contributed by atoms with E-state index < -0.39 is 11.7 Å². The molecule has 1 atom stereocenters. The molecule has 0 bridgehead atoms. The zero-order valence-corrected chi connectivity index (χ0v) is 12.8. The van der Waals surface area contributed by atoms with E-state index in [1.807, 2.05) is 18.2 Å². The summed E-state index contributed by atoms with van der Waals surface area (Å²) in [5.74, 6) is 0.356. The van der Waals surface area contributed by atoms with Crippen LogP contribution in [0.15, 0.2) is 42.5 Å². The standard InChI is InChI=1S/C18H20F3N/c1-3-4-6-13(2)16-7-5-8-17(22-16)14-9-11-15(12-10-14)18(19,20)21/h5,7-13H,3-4,6H2,1-2H3. The van der Waals surface area contributed by atoms with Crippen molar-refractivity contribution in [1.29, 1.82) is 0 Å². The maximum absolute atomic E-state index is 12.6. The summed E-state index contributed by atoms with van der Waals surface area (Å²) in [6, 6.07) is 10.9. The Kier molecular flexibility index (Phi) is 5.22. The van der Waals surface area contributed by atoms with Crippen LogP contribution in [0.3, 0.4) is 0 Å². The fourth-order valence-corrected chi connectivity index (χ4v) is 2.37. The highest BCUT2D eigenvalue weighted by molar-refractivity contribution is 5.59. The van der Waals surface area contributed by atoms with E-state index in [2.05, 4.69) is 18.8 Å². The van der Waals surface area contributed by atoms with Crippen molar-refractivity contribution in [3.8, 4) is 11.3 Å². The Bertz CT molecular complexity index is 602. The van der Waals surface area contributed by atoms with Crippen LogP contribution in [0, 0.1) is 0 Å². The van der Waals surface area contributed by atoms with Crippen molar-refractivity contribution < 1.29 is 13.2 Å². The van der Waals surface area contributed by atoms with E-state index in [1.54, 1.807) is 0 Å². The van der Waals surface area contributed by atoms with Crippen LogP contribution in [-0.4, -0.2) is 4.98 Å². The van der Waals surface area contributed by atoms with Gasteiger partial charge in [0.1, 0.15) is 0 Å². The molecule has 4 heteroatoms. The molecule has 0 amide bonds. The van der Waals surface area contributed by atoms with Gasteiger partial charge in [0.05, 0.1) is 11.3 Å². The lowest BCUT2D eigenvalue weighted by Crippen LogP contribution is -2.04. The van der Waals surface area contributed by atoms with Gasteiger partial charge in [0, 0.05) is 11.3 Å². The van der Waals surface area contributed by atoms with Crippen LogP contribution in [0.25, 0.3) is 11.3 Å². The largest absolute Gasteiger partial charge is 0.416 e. The number of benzene rings is 1. The molecule has 1 aromatic heterocycles. The van der Waals surface area contributed by atoms with E-state index in [9.17, 15) is 13.2 Å². The van der Waals surface area contributed by atoms with Crippen LogP contribution in [0.5, 0.6) is 0 Å². The Morgan fingerprint density at radius 2 is 1.73 bits per heavy atom. The lowest BCUT2D eigenvalue weighted by Gasteiger charge is -2.12. The molecule has 2 aromatic rings. The van der Waals surface area contributed by atoms with Gasteiger partial charge in [-0.2, -0.15) is 13.2 Å². The second kappa shape index (κ2) is 6.95. The molecule has 0 aliphatic rings. The highest BCUT2D eigenvalue weighted by Gasteiger charge is 2.30. The molecule has 118 valence electrons. The molecular formula is C18H20F3N. The summed E-state index contributed by atoms with van der Waals surface area (Å²) in [4.78, 5) is 4.61. The average molecular weight is 307 g/mol. The smallest absolute Gasteiger partial charge is 0.253 e. The molecule has 0 radical (unpaired) electrons. The normalized spacial score (nSPS) is 13.1. The number of aromatic nitrogens is 1. The lowest BCUT2D eigenvalue weighted by molar-refractivity contribution is -0.137. The molecule has 0 saturated heterocycles. The highest BCUT2D eigenvalue weighted by Crippen LogP contribution is 2.31. The van der Waals surface area contributed by atoms with Gasteiger partial charge in [-0.3, -0.25) is 4.98 Å². The van der Waals surface area contributed by atoms with E-state index in [0.717, 1.165) is 42.8 Å². The lowest BCUT2D eigenvalue weighted by atomic mass is 9.99. The monoisotopic (exact) mass is 307 g/mol. The van der Waals surface area contributed by atoms with E-state index >= 15 is 0 Å². The Labute approximate surface area is 129 Å². The Morgan fingerprint density at radius 3 is 2.32 bits per heavy atom. The third-order valence-electron chi connectivity index (χ3n) is 3.77. The summed E-state index contributed by atoms with van der Waals surface area (Å²) in [7, 11) is 0. The molecule has 0 spiro atoms. The fraction of sp³-hybridized carbons (Fsp3) is 0.389. The first-order valence-corrected chi connectivity index (χ1v) is 7.56. The summed E-state index contributed by atoms with van der Waals surface area (Å²) in [5.41, 5.74) is 1.78. The number of unbranched alkanes of at least 4 members (excludes halogenated alkanes) is 1. The number of hydrogen-bond acceptors (Lipinski definition) is 1. The van der Waals surface area contributed by atoms with Gasteiger partial charge in [0.2, 0.25) is 0 Å². The van der Waals surface area contributed by atoms with Crippen molar-refractivity contribution in [3.05, 3.63) is 53.7 Å². The maximum Gasteiger partial charge on any atom is 0.416 e. The molecule has 0 aliphatic carbocycles. The zero-order chi connectivity index (χ0) is 16.2. The van der Waals surface area contributed by atoms with Crippen LogP contribution in [0.1, 0.15) is 50.3 Å². The van der Waals surface area contributed by atoms with E-state index in [0.29, 0.717) is 11.5 Å². The first-order valence-electron chi connectivity index (χ1n) is 7.56. The number of pyridine rings is 1. The minimum absolute atomic E-state index is 0.356. The van der Waals surface area contributed by atoms with Crippen LogP contribution < -0.4 is 0 Å². The molecule has 0 saturated carbocycles. The van der Waals surface area contributed by atoms with Gasteiger partial charge < -0.3 is 0 Å². The molecule has 1 nitrogen and oxygen atoms in total. The van der Waals surface area contributed by atoms with Crippen molar-refractivity contribution in [2.24, 2.45) is 0 Å². The second-order valence-electron chi connectivity index (χ2n) is 5.57. The molecule has 1 unspecified atom stereocenters. The number of halogens is 3. The molecule has 1 aromatic carbocycles. The minimum Gasteiger partial charge on any atom is -0.253 e. The molecule has 22 heavy (non-hydrogen) atoms. The minimum atomic E-state index is -4.30.